The summed E-state index contributed by atoms with van der Waals surface area (Å²) >= 11 is 5.92. The lowest BCUT2D eigenvalue weighted by Gasteiger charge is -2.23. The van der Waals surface area contributed by atoms with Crippen molar-refractivity contribution in [1.29, 1.82) is 5.26 Å². The fourth-order valence-electron chi connectivity index (χ4n) is 2.31. The van der Waals surface area contributed by atoms with Crippen molar-refractivity contribution in [3.8, 4) is 6.07 Å². The third kappa shape index (κ3) is 3.19. The molecular formula is C17H16ClNO. The van der Waals surface area contributed by atoms with Crippen LogP contribution >= 0.6 is 11.6 Å². The number of aliphatic hydroxyl groups is 1. The molecule has 0 heterocycles. The zero-order chi connectivity index (χ0) is 14.5. The Balaban J connectivity index is 2.41. The van der Waals surface area contributed by atoms with Crippen LogP contribution in [0.15, 0.2) is 48.5 Å². The van der Waals surface area contributed by atoms with Crippen molar-refractivity contribution in [2.45, 2.75) is 25.4 Å². The van der Waals surface area contributed by atoms with E-state index in [1.807, 2.05) is 43.3 Å². The lowest BCUT2D eigenvalue weighted by molar-refractivity contribution is 0.152. The number of hydrogen-bond acceptors (Lipinski definition) is 2. The largest absolute Gasteiger partial charge is 0.392 e. The number of aliphatic hydroxyl groups excluding tert-OH is 1. The van der Waals surface area contributed by atoms with Gasteiger partial charge in [0.2, 0.25) is 0 Å². The Kier molecular flexibility index (Phi) is 4.79. The lowest BCUT2D eigenvalue weighted by Crippen LogP contribution is -2.18. The summed E-state index contributed by atoms with van der Waals surface area (Å²) in [7, 11) is 0. The summed E-state index contributed by atoms with van der Waals surface area (Å²) in [6.45, 7) is 1.96. The van der Waals surface area contributed by atoms with E-state index in [4.69, 9.17) is 16.9 Å². The maximum atomic E-state index is 10.3. The normalized spacial score (nSPS) is 13.5. The lowest BCUT2D eigenvalue weighted by atomic mass is 9.85. The van der Waals surface area contributed by atoms with Crippen LogP contribution in [0, 0.1) is 11.3 Å². The Hall–Kier alpha value is -1.82. The smallest absolute Gasteiger partial charge is 0.0991 e. The summed E-state index contributed by atoms with van der Waals surface area (Å²) in [5.41, 5.74) is 2.64. The molecule has 0 spiro atoms. The molecule has 20 heavy (non-hydrogen) atoms. The van der Waals surface area contributed by atoms with E-state index in [9.17, 15) is 5.11 Å². The van der Waals surface area contributed by atoms with Gasteiger partial charge in [-0.1, -0.05) is 42.8 Å². The Morgan fingerprint density at radius 3 is 2.00 bits per heavy atom. The molecule has 0 bridgehead atoms. The third-order valence-corrected chi connectivity index (χ3v) is 3.68. The zero-order valence-corrected chi connectivity index (χ0v) is 12.0. The molecule has 0 saturated heterocycles. The molecule has 0 radical (unpaired) electrons. The van der Waals surface area contributed by atoms with Crippen molar-refractivity contribution < 1.29 is 5.11 Å². The summed E-state index contributed by atoms with van der Waals surface area (Å²) < 4.78 is 0. The number of nitrogens with zero attached hydrogens (tertiary/aromatic N) is 1. The molecule has 0 aliphatic heterocycles. The Morgan fingerprint density at radius 1 is 1.05 bits per heavy atom. The van der Waals surface area contributed by atoms with E-state index >= 15 is 0 Å². The van der Waals surface area contributed by atoms with Crippen LogP contribution in [0.5, 0.6) is 0 Å². The van der Waals surface area contributed by atoms with Gasteiger partial charge in [-0.15, -0.1) is 0 Å². The van der Waals surface area contributed by atoms with Gasteiger partial charge in [0, 0.05) is 10.9 Å². The topological polar surface area (TPSA) is 44.0 Å². The maximum Gasteiger partial charge on any atom is 0.0991 e. The van der Waals surface area contributed by atoms with E-state index in [1.165, 1.54) is 0 Å². The van der Waals surface area contributed by atoms with Gasteiger partial charge in [-0.3, -0.25) is 0 Å². The summed E-state index contributed by atoms with van der Waals surface area (Å²) in [5.74, 6) is -0.106. The monoisotopic (exact) mass is 285 g/mol. The van der Waals surface area contributed by atoms with E-state index < -0.39 is 6.10 Å². The quantitative estimate of drug-likeness (QED) is 0.918. The molecular weight excluding hydrogens is 270 g/mol. The van der Waals surface area contributed by atoms with Crippen LogP contribution in [-0.4, -0.2) is 11.2 Å². The van der Waals surface area contributed by atoms with E-state index in [2.05, 4.69) is 6.07 Å². The zero-order valence-electron chi connectivity index (χ0n) is 11.3. The second-order valence-electron chi connectivity index (χ2n) is 4.74. The minimum absolute atomic E-state index is 0.106. The Morgan fingerprint density at radius 2 is 1.55 bits per heavy atom. The molecule has 2 atom stereocenters. The highest BCUT2D eigenvalue weighted by Crippen LogP contribution is 2.30. The predicted octanol–water partition coefficient (Wildman–Crippen LogP) is 4.11. The van der Waals surface area contributed by atoms with E-state index in [0.717, 1.165) is 11.1 Å². The molecule has 3 heteroatoms. The highest BCUT2D eigenvalue weighted by Gasteiger charge is 2.21. The number of halogens is 1. The third-order valence-electron chi connectivity index (χ3n) is 3.43. The SMILES string of the molecule is CCC(O)C(c1ccc(Cl)cc1)c1ccc(C#N)cc1. The molecule has 0 saturated carbocycles. The van der Waals surface area contributed by atoms with Crippen LogP contribution in [0.25, 0.3) is 0 Å². The van der Waals surface area contributed by atoms with Gasteiger partial charge in [-0.25, -0.2) is 0 Å². The van der Waals surface area contributed by atoms with Crippen LogP contribution in [0.3, 0.4) is 0 Å². The average molecular weight is 286 g/mol. The molecule has 1 N–H and O–H groups in total. The first-order chi connectivity index (χ1) is 9.65. The number of benzene rings is 2. The van der Waals surface area contributed by atoms with E-state index in [0.29, 0.717) is 17.0 Å². The Labute approximate surface area is 124 Å². The minimum atomic E-state index is -0.468. The van der Waals surface area contributed by atoms with Crippen LogP contribution in [-0.2, 0) is 0 Å². The first-order valence-corrected chi connectivity index (χ1v) is 6.97. The molecule has 2 nitrogen and oxygen atoms in total. The standard InChI is InChI=1S/C17H16ClNO/c1-2-16(20)17(14-7-9-15(18)10-8-14)13-5-3-12(11-19)4-6-13/h3-10,16-17,20H,2H2,1H3. The highest BCUT2D eigenvalue weighted by atomic mass is 35.5. The van der Waals surface area contributed by atoms with E-state index in [1.54, 1.807) is 12.1 Å². The van der Waals surface area contributed by atoms with Gasteiger partial charge in [0.1, 0.15) is 0 Å². The van der Waals surface area contributed by atoms with Crippen LogP contribution in [0.4, 0.5) is 0 Å². The van der Waals surface area contributed by atoms with Crippen molar-refractivity contribution in [3.63, 3.8) is 0 Å². The van der Waals surface area contributed by atoms with Crippen molar-refractivity contribution in [2.24, 2.45) is 0 Å². The summed E-state index contributed by atoms with van der Waals surface area (Å²) in [5, 5.41) is 19.9. The van der Waals surface area contributed by atoms with Gasteiger partial charge in [0.05, 0.1) is 17.7 Å². The van der Waals surface area contributed by atoms with Crippen molar-refractivity contribution in [2.75, 3.05) is 0 Å². The van der Waals surface area contributed by atoms with Crippen molar-refractivity contribution >= 4 is 11.6 Å². The second kappa shape index (κ2) is 6.56. The molecule has 2 unspecified atom stereocenters. The molecule has 2 aromatic rings. The molecule has 0 fully saturated rings. The van der Waals surface area contributed by atoms with E-state index in [-0.39, 0.29) is 5.92 Å². The van der Waals surface area contributed by atoms with Gasteiger partial charge < -0.3 is 5.11 Å². The van der Waals surface area contributed by atoms with Gasteiger partial charge in [-0.2, -0.15) is 5.26 Å². The minimum Gasteiger partial charge on any atom is -0.392 e. The van der Waals surface area contributed by atoms with Crippen molar-refractivity contribution in [1.82, 2.24) is 0 Å². The summed E-state index contributed by atoms with van der Waals surface area (Å²) in [6, 6.07) is 17.0. The number of rotatable bonds is 4. The van der Waals surface area contributed by atoms with Crippen LogP contribution in [0.1, 0.15) is 36.0 Å². The van der Waals surface area contributed by atoms with Gasteiger partial charge in [-0.05, 0) is 41.8 Å². The molecule has 0 aromatic heterocycles. The molecule has 2 aromatic carbocycles. The fraction of sp³-hybridized carbons (Fsp3) is 0.235. The molecule has 102 valence electrons. The number of hydrogen-bond donors (Lipinski definition) is 1. The van der Waals surface area contributed by atoms with Gasteiger partial charge in [0.15, 0.2) is 0 Å². The molecule has 0 amide bonds. The molecule has 0 aliphatic rings. The fourth-order valence-corrected chi connectivity index (χ4v) is 2.43. The predicted molar refractivity (Wildman–Crippen MR) is 80.7 cm³/mol. The summed E-state index contributed by atoms with van der Waals surface area (Å²) in [4.78, 5) is 0. The first-order valence-electron chi connectivity index (χ1n) is 6.59. The Bertz CT molecular complexity index is 598. The van der Waals surface area contributed by atoms with Gasteiger partial charge in [0.25, 0.3) is 0 Å². The maximum absolute atomic E-state index is 10.3. The molecule has 2 rings (SSSR count). The summed E-state index contributed by atoms with van der Waals surface area (Å²) in [6.07, 6.45) is 0.192. The van der Waals surface area contributed by atoms with Crippen LogP contribution in [0.2, 0.25) is 5.02 Å². The first kappa shape index (κ1) is 14.6. The highest BCUT2D eigenvalue weighted by molar-refractivity contribution is 6.30. The second-order valence-corrected chi connectivity index (χ2v) is 5.18. The van der Waals surface area contributed by atoms with Crippen molar-refractivity contribution in [3.05, 3.63) is 70.2 Å². The molecule has 0 aliphatic carbocycles. The number of nitriles is 1. The van der Waals surface area contributed by atoms with Gasteiger partial charge >= 0.3 is 0 Å². The van der Waals surface area contributed by atoms with Crippen LogP contribution < -0.4 is 0 Å². The average Bonchev–Trinajstić information content (AvgIpc) is 2.50.